The molecule has 0 aromatic heterocycles. The van der Waals surface area contributed by atoms with E-state index in [0.717, 1.165) is 24.2 Å². The van der Waals surface area contributed by atoms with E-state index in [-0.39, 0.29) is 12.3 Å². The third-order valence-electron chi connectivity index (χ3n) is 4.00. The summed E-state index contributed by atoms with van der Waals surface area (Å²) in [5.74, 6) is 0.699. The molecule has 0 radical (unpaired) electrons. The first-order chi connectivity index (χ1) is 11.5. The molecule has 2 aromatic rings. The number of aryl methyl sites for hydroxylation is 1. The van der Waals surface area contributed by atoms with E-state index in [1.807, 2.05) is 54.6 Å². The summed E-state index contributed by atoms with van der Waals surface area (Å²) in [6, 6.07) is 17.2. The van der Waals surface area contributed by atoms with Gasteiger partial charge in [-0.2, -0.15) is 0 Å². The smallest absolute Gasteiger partial charge is 0.223 e. The van der Waals surface area contributed by atoms with Gasteiger partial charge in [0.05, 0.1) is 19.1 Å². The zero-order chi connectivity index (χ0) is 17.4. The number of hydrogen-bond acceptors (Lipinski definition) is 3. The average Bonchev–Trinajstić information content (AvgIpc) is 2.59. The van der Waals surface area contributed by atoms with Gasteiger partial charge >= 0.3 is 0 Å². The van der Waals surface area contributed by atoms with Crippen molar-refractivity contribution in [2.75, 3.05) is 13.7 Å². The Kier molecular flexibility index (Phi) is 6.38. The third kappa shape index (κ3) is 5.39. The highest BCUT2D eigenvalue weighted by Gasteiger charge is 2.26. The van der Waals surface area contributed by atoms with E-state index in [2.05, 4.69) is 5.32 Å². The second kappa shape index (κ2) is 8.50. The zero-order valence-corrected chi connectivity index (χ0v) is 14.3. The van der Waals surface area contributed by atoms with E-state index >= 15 is 0 Å². The van der Waals surface area contributed by atoms with Gasteiger partial charge in [0.1, 0.15) is 5.75 Å². The van der Waals surface area contributed by atoms with E-state index in [1.54, 1.807) is 14.0 Å². The molecule has 4 nitrogen and oxygen atoms in total. The van der Waals surface area contributed by atoms with Crippen LogP contribution >= 0.6 is 0 Å². The van der Waals surface area contributed by atoms with Crippen LogP contribution in [0, 0.1) is 0 Å². The molecule has 0 heterocycles. The van der Waals surface area contributed by atoms with E-state index in [4.69, 9.17) is 4.74 Å². The van der Waals surface area contributed by atoms with Crippen molar-refractivity contribution in [1.29, 1.82) is 0 Å². The number of amides is 1. The van der Waals surface area contributed by atoms with Gasteiger partial charge in [-0.1, -0.05) is 42.5 Å². The molecule has 24 heavy (non-hydrogen) atoms. The van der Waals surface area contributed by atoms with Crippen molar-refractivity contribution in [3.8, 4) is 5.75 Å². The largest absolute Gasteiger partial charge is 0.497 e. The lowest BCUT2D eigenvalue weighted by molar-refractivity contribution is -0.125. The predicted molar refractivity (Wildman–Crippen MR) is 95.0 cm³/mol. The fourth-order valence-electron chi connectivity index (χ4n) is 2.62. The number of aliphatic hydroxyl groups is 1. The summed E-state index contributed by atoms with van der Waals surface area (Å²) >= 11 is 0. The molecule has 4 heteroatoms. The molecule has 0 fully saturated rings. The molecule has 0 aliphatic rings. The van der Waals surface area contributed by atoms with Crippen LogP contribution in [0.25, 0.3) is 0 Å². The molecule has 2 rings (SSSR count). The Hall–Kier alpha value is -2.33. The number of ether oxygens (including phenoxy) is 1. The van der Waals surface area contributed by atoms with Crippen LogP contribution in [0.1, 0.15) is 30.9 Å². The molecule has 0 spiro atoms. The topological polar surface area (TPSA) is 58.6 Å². The summed E-state index contributed by atoms with van der Waals surface area (Å²) in [5.41, 5.74) is 0.773. The van der Waals surface area contributed by atoms with Gasteiger partial charge in [0, 0.05) is 6.54 Å². The quantitative estimate of drug-likeness (QED) is 0.733. The minimum atomic E-state index is -1.15. The Labute approximate surface area is 143 Å². The van der Waals surface area contributed by atoms with Gasteiger partial charge in [0.15, 0.2) is 0 Å². The SMILES string of the molecule is COc1cccc(CCCNC(=O)CC(C)(O)c2ccccc2)c1. The van der Waals surface area contributed by atoms with Crippen molar-refractivity contribution in [1.82, 2.24) is 5.32 Å². The van der Waals surface area contributed by atoms with Crippen molar-refractivity contribution in [3.05, 3.63) is 65.7 Å². The van der Waals surface area contributed by atoms with Crippen LogP contribution in [-0.2, 0) is 16.8 Å². The highest BCUT2D eigenvalue weighted by molar-refractivity contribution is 5.77. The standard InChI is InChI=1S/C20H25NO3/c1-20(23,17-10-4-3-5-11-17)15-19(22)21-13-7-9-16-8-6-12-18(14-16)24-2/h3-6,8,10-12,14,23H,7,9,13,15H2,1-2H3,(H,21,22). The van der Waals surface area contributed by atoms with Gasteiger partial charge in [0.25, 0.3) is 0 Å². The van der Waals surface area contributed by atoms with Crippen LogP contribution in [0.4, 0.5) is 0 Å². The number of carbonyl (C=O) groups is 1. The first kappa shape index (κ1) is 18.0. The minimum absolute atomic E-state index is 0.0518. The number of rotatable bonds is 8. The molecule has 1 atom stereocenters. The lowest BCUT2D eigenvalue weighted by atomic mass is 9.92. The summed E-state index contributed by atoms with van der Waals surface area (Å²) in [6.45, 7) is 2.25. The minimum Gasteiger partial charge on any atom is -0.497 e. The first-order valence-corrected chi connectivity index (χ1v) is 8.19. The molecular formula is C20H25NO3. The molecule has 0 saturated heterocycles. The van der Waals surface area contributed by atoms with Gasteiger partial charge in [-0.25, -0.2) is 0 Å². The Morgan fingerprint density at radius 1 is 1.17 bits per heavy atom. The first-order valence-electron chi connectivity index (χ1n) is 8.19. The van der Waals surface area contributed by atoms with Crippen molar-refractivity contribution in [2.45, 2.75) is 31.8 Å². The fourth-order valence-corrected chi connectivity index (χ4v) is 2.62. The lowest BCUT2D eigenvalue weighted by Crippen LogP contribution is -2.33. The molecule has 1 amide bonds. The van der Waals surface area contributed by atoms with Crippen LogP contribution in [-0.4, -0.2) is 24.7 Å². The highest BCUT2D eigenvalue weighted by Crippen LogP contribution is 2.23. The van der Waals surface area contributed by atoms with Crippen molar-refractivity contribution >= 4 is 5.91 Å². The van der Waals surface area contributed by atoms with Crippen molar-refractivity contribution < 1.29 is 14.6 Å². The van der Waals surface area contributed by atoms with Gasteiger partial charge < -0.3 is 15.2 Å². The van der Waals surface area contributed by atoms with E-state index in [0.29, 0.717) is 6.54 Å². The maximum atomic E-state index is 12.1. The van der Waals surface area contributed by atoms with Gasteiger partial charge in [-0.15, -0.1) is 0 Å². The van der Waals surface area contributed by atoms with Crippen LogP contribution in [0.15, 0.2) is 54.6 Å². The Balaban J connectivity index is 1.75. The molecule has 128 valence electrons. The molecule has 2 aromatic carbocycles. The van der Waals surface area contributed by atoms with Gasteiger partial charge in [-0.3, -0.25) is 4.79 Å². The lowest BCUT2D eigenvalue weighted by Gasteiger charge is -2.23. The van der Waals surface area contributed by atoms with Gasteiger partial charge in [-0.05, 0) is 43.0 Å². The van der Waals surface area contributed by atoms with Crippen molar-refractivity contribution in [2.24, 2.45) is 0 Å². The molecule has 0 saturated carbocycles. The van der Waals surface area contributed by atoms with Crippen LogP contribution in [0.5, 0.6) is 5.75 Å². The fraction of sp³-hybridized carbons (Fsp3) is 0.350. The summed E-state index contributed by atoms with van der Waals surface area (Å²) in [6.07, 6.45) is 1.76. The predicted octanol–water partition coefficient (Wildman–Crippen LogP) is 3.04. The van der Waals surface area contributed by atoms with Crippen LogP contribution in [0.2, 0.25) is 0 Å². The Morgan fingerprint density at radius 2 is 1.92 bits per heavy atom. The Morgan fingerprint density at radius 3 is 2.62 bits per heavy atom. The van der Waals surface area contributed by atoms with Crippen LogP contribution in [0.3, 0.4) is 0 Å². The van der Waals surface area contributed by atoms with Crippen LogP contribution < -0.4 is 10.1 Å². The number of nitrogens with one attached hydrogen (secondary N) is 1. The molecular weight excluding hydrogens is 302 g/mol. The summed E-state index contributed by atoms with van der Waals surface area (Å²) in [7, 11) is 1.65. The molecule has 1 unspecified atom stereocenters. The molecule has 0 bridgehead atoms. The average molecular weight is 327 g/mol. The number of hydrogen-bond donors (Lipinski definition) is 2. The molecule has 2 N–H and O–H groups in total. The normalized spacial score (nSPS) is 13.1. The van der Waals surface area contributed by atoms with E-state index < -0.39 is 5.60 Å². The maximum Gasteiger partial charge on any atom is 0.223 e. The maximum absolute atomic E-state index is 12.1. The highest BCUT2D eigenvalue weighted by atomic mass is 16.5. The zero-order valence-electron chi connectivity index (χ0n) is 14.3. The van der Waals surface area contributed by atoms with Gasteiger partial charge in [0.2, 0.25) is 5.91 Å². The van der Waals surface area contributed by atoms with E-state index in [1.165, 1.54) is 5.56 Å². The number of methoxy groups -OCH3 is 1. The monoisotopic (exact) mass is 327 g/mol. The molecule has 0 aliphatic heterocycles. The number of benzene rings is 2. The third-order valence-corrected chi connectivity index (χ3v) is 4.00. The molecule has 0 aliphatic carbocycles. The summed E-state index contributed by atoms with van der Waals surface area (Å²) in [5, 5.41) is 13.4. The second-order valence-electron chi connectivity index (χ2n) is 6.12. The Bertz CT molecular complexity index is 653. The summed E-state index contributed by atoms with van der Waals surface area (Å²) < 4.78 is 5.20. The van der Waals surface area contributed by atoms with Crippen molar-refractivity contribution in [3.63, 3.8) is 0 Å². The number of carbonyl (C=O) groups excluding carboxylic acids is 1. The second-order valence-corrected chi connectivity index (χ2v) is 6.12. The summed E-state index contributed by atoms with van der Waals surface area (Å²) in [4.78, 5) is 12.1. The van der Waals surface area contributed by atoms with E-state index in [9.17, 15) is 9.90 Å².